The van der Waals surface area contributed by atoms with E-state index in [0.29, 0.717) is 35.4 Å². The molecular formula is C28H24F4N6O3S. The van der Waals surface area contributed by atoms with Gasteiger partial charge in [-0.2, -0.15) is 18.3 Å². The van der Waals surface area contributed by atoms with Crippen molar-refractivity contribution in [1.82, 2.24) is 29.5 Å². The highest BCUT2D eigenvalue weighted by molar-refractivity contribution is 7.91. The van der Waals surface area contributed by atoms with Crippen LogP contribution in [0.15, 0.2) is 65.8 Å². The number of halogens is 4. The van der Waals surface area contributed by atoms with E-state index in [1.165, 1.54) is 23.1 Å². The number of sulfone groups is 1. The first-order chi connectivity index (χ1) is 19.9. The molecule has 0 amide bonds. The van der Waals surface area contributed by atoms with Gasteiger partial charge in [0.2, 0.25) is 9.84 Å². The molecule has 0 saturated heterocycles. The number of benzene rings is 1. The lowest BCUT2D eigenvalue weighted by Crippen LogP contribution is -2.43. The Morgan fingerprint density at radius 1 is 1.14 bits per heavy atom. The van der Waals surface area contributed by atoms with Crippen molar-refractivity contribution in [3.05, 3.63) is 89.0 Å². The standard InChI is InChI=1S/C28H24F4N6O3S/c1-37-16-34-26(36-37)42(40,41)15-17-2-3-19-11-24-18(14-35-38(24)22-6-4-21(29)5-7-22)13-27(19,12-17)25(39)23-10-20(8-9-33-23)28(30,31)32/h4-11,14,16-17H,2-3,12-13,15H2,1H3/t17?,27-/m1/s1. The second-order valence-corrected chi connectivity index (χ2v) is 12.6. The molecule has 1 fully saturated rings. The number of hydrogen-bond acceptors (Lipinski definition) is 7. The van der Waals surface area contributed by atoms with Crippen LogP contribution in [0.2, 0.25) is 0 Å². The van der Waals surface area contributed by atoms with E-state index < -0.39 is 44.5 Å². The number of allylic oxidation sites excluding steroid dienone is 1. The minimum atomic E-state index is -4.68. The number of hydrogen-bond donors (Lipinski definition) is 0. The zero-order valence-corrected chi connectivity index (χ0v) is 23.0. The van der Waals surface area contributed by atoms with E-state index >= 15 is 0 Å². The summed E-state index contributed by atoms with van der Waals surface area (Å²) in [5.41, 5.74) is -0.113. The van der Waals surface area contributed by atoms with Crippen molar-refractivity contribution in [1.29, 1.82) is 0 Å². The lowest BCUT2D eigenvalue weighted by molar-refractivity contribution is -0.137. The number of carbonyl (C=O) groups is 1. The van der Waals surface area contributed by atoms with Crippen LogP contribution in [-0.4, -0.2) is 49.5 Å². The van der Waals surface area contributed by atoms with Crippen molar-refractivity contribution in [2.75, 3.05) is 5.75 Å². The van der Waals surface area contributed by atoms with Gasteiger partial charge in [0.1, 0.15) is 17.8 Å². The van der Waals surface area contributed by atoms with Gasteiger partial charge in [0.25, 0.3) is 5.16 Å². The van der Waals surface area contributed by atoms with Crippen molar-refractivity contribution < 1.29 is 30.8 Å². The molecule has 1 saturated carbocycles. The Hall–Kier alpha value is -4.20. The SMILES string of the molecule is Cn1cnc(S(=O)(=O)CC2CCC3=Cc4c(cnn4-c4ccc(F)cc4)C[C@]3(C(=O)c3cc(C(F)(F)F)ccn3)C2)n1. The topological polar surface area (TPSA) is 113 Å². The summed E-state index contributed by atoms with van der Waals surface area (Å²) in [5.74, 6) is -1.85. The van der Waals surface area contributed by atoms with Crippen LogP contribution in [0, 0.1) is 17.2 Å². The van der Waals surface area contributed by atoms with Gasteiger partial charge < -0.3 is 0 Å². The summed E-state index contributed by atoms with van der Waals surface area (Å²) in [4.78, 5) is 22.1. The molecule has 0 spiro atoms. The van der Waals surface area contributed by atoms with Gasteiger partial charge >= 0.3 is 6.18 Å². The average Bonchev–Trinajstić information content (AvgIpc) is 3.57. The maximum Gasteiger partial charge on any atom is 0.416 e. The van der Waals surface area contributed by atoms with Crippen LogP contribution in [0.4, 0.5) is 17.6 Å². The van der Waals surface area contributed by atoms with Gasteiger partial charge in [0.05, 0.1) is 34.3 Å². The van der Waals surface area contributed by atoms with Crippen LogP contribution in [0.25, 0.3) is 11.8 Å². The summed E-state index contributed by atoms with van der Waals surface area (Å²) < 4.78 is 83.3. The van der Waals surface area contributed by atoms with Crippen molar-refractivity contribution in [3.63, 3.8) is 0 Å². The highest BCUT2D eigenvalue weighted by Crippen LogP contribution is 2.52. The Kier molecular flexibility index (Phi) is 6.63. The lowest BCUT2D eigenvalue weighted by atomic mass is 9.59. The van der Waals surface area contributed by atoms with Gasteiger partial charge in [0, 0.05) is 13.2 Å². The second-order valence-electron chi connectivity index (χ2n) is 10.7. The molecule has 4 aromatic rings. The van der Waals surface area contributed by atoms with Crippen LogP contribution in [-0.2, 0) is 29.5 Å². The molecule has 218 valence electrons. The van der Waals surface area contributed by atoms with Gasteiger partial charge in [-0.3, -0.25) is 14.5 Å². The monoisotopic (exact) mass is 600 g/mol. The van der Waals surface area contributed by atoms with E-state index in [0.717, 1.165) is 18.3 Å². The molecule has 42 heavy (non-hydrogen) atoms. The van der Waals surface area contributed by atoms with Gasteiger partial charge in [-0.05, 0) is 79.6 Å². The normalized spacial score (nSPS) is 20.5. The maximum absolute atomic E-state index is 14.2. The minimum absolute atomic E-state index is 0.0722. The van der Waals surface area contributed by atoms with Gasteiger partial charge in [-0.25, -0.2) is 22.5 Å². The number of aryl methyl sites for hydroxylation is 1. The van der Waals surface area contributed by atoms with Gasteiger partial charge in [-0.15, -0.1) is 5.10 Å². The van der Waals surface area contributed by atoms with Crippen LogP contribution in [0.1, 0.15) is 46.6 Å². The summed E-state index contributed by atoms with van der Waals surface area (Å²) in [6.07, 6.45) is 1.83. The molecule has 2 atom stereocenters. The number of nitrogens with zero attached hydrogens (tertiary/aromatic N) is 6. The Balaban J connectivity index is 1.42. The van der Waals surface area contributed by atoms with Crippen molar-refractivity contribution >= 4 is 21.7 Å². The fourth-order valence-corrected chi connectivity index (χ4v) is 7.48. The fourth-order valence-electron chi connectivity index (χ4n) is 5.97. The van der Waals surface area contributed by atoms with Crippen molar-refractivity contribution in [3.8, 4) is 5.69 Å². The smallest absolute Gasteiger partial charge is 0.291 e. The van der Waals surface area contributed by atoms with Crippen molar-refractivity contribution in [2.24, 2.45) is 18.4 Å². The van der Waals surface area contributed by atoms with Crippen LogP contribution in [0.3, 0.4) is 0 Å². The number of ketones is 1. The first kappa shape index (κ1) is 27.9. The van der Waals surface area contributed by atoms with Gasteiger partial charge in [0.15, 0.2) is 5.78 Å². The molecular weight excluding hydrogens is 576 g/mol. The number of carbonyl (C=O) groups excluding carboxylic acids is 1. The van der Waals surface area contributed by atoms with Gasteiger partial charge in [-0.1, -0.05) is 5.57 Å². The highest BCUT2D eigenvalue weighted by atomic mass is 32.2. The molecule has 2 aliphatic carbocycles. The molecule has 9 nitrogen and oxygen atoms in total. The van der Waals surface area contributed by atoms with E-state index in [1.54, 1.807) is 36.1 Å². The molecule has 6 rings (SSSR count). The summed E-state index contributed by atoms with van der Waals surface area (Å²) in [6.45, 7) is 0. The molecule has 3 heterocycles. The summed E-state index contributed by atoms with van der Waals surface area (Å²) in [7, 11) is -2.35. The molecule has 0 bridgehead atoms. The second kappa shape index (κ2) is 9.96. The number of aromatic nitrogens is 6. The van der Waals surface area contributed by atoms with E-state index in [9.17, 15) is 30.8 Å². The molecule has 0 aliphatic heterocycles. The predicted molar refractivity (Wildman–Crippen MR) is 142 cm³/mol. The molecule has 14 heteroatoms. The van der Waals surface area contributed by atoms with E-state index in [4.69, 9.17) is 0 Å². The van der Waals surface area contributed by atoms with E-state index in [1.807, 2.05) is 0 Å². The molecule has 1 aromatic carbocycles. The zero-order valence-electron chi connectivity index (χ0n) is 22.2. The summed E-state index contributed by atoms with van der Waals surface area (Å²) in [5, 5.41) is 8.04. The molecule has 0 N–H and O–H groups in total. The Labute approximate surface area is 237 Å². The number of pyridine rings is 1. The quantitative estimate of drug-likeness (QED) is 0.234. The third kappa shape index (κ3) is 4.93. The van der Waals surface area contributed by atoms with Crippen LogP contribution in [0.5, 0.6) is 0 Å². The van der Waals surface area contributed by atoms with E-state index in [2.05, 4.69) is 20.2 Å². The first-order valence-electron chi connectivity index (χ1n) is 13.1. The highest BCUT2D eigenvalue weighted by Gasteiger charge is 2.50. The first-order valence-corrected chi connectivity index (χ1v) is 14.7. The predicted octanol–water partition coefficient (Wildman–Crippen LogP) is 4.64. The van der Waals surface area contributed by atoms with Crippen LogP contribution >= 0.6 is 0 Å². The lowest BCUT2D eigenvalue weighted by Gasteiger charge is -2.43. The number of alkyl halides is 3. The summed E-state index contributed by atoms with van der Waals surface area (Å²) >= 11 is 0. The number of fused-ring (bicyclic) bond motifs is 2. The Bertz CT molecular complexity index is 1830. The third-order valence-corrected chi connectivity index (χ3v) is 9.55. The molecule has 3 aromatic heterocycles. The molecule has 2 aliphatic rings. The Morgan fingerprint density at radius 3 is 2.60 bits per heavy atom. The van der Waals surface area contributed by atoms with Crippen molar-refractivity contribution in [2.45, 2.75) is 37.0 Å². The van der Waals surface area contributed by atoms with Crippen LogP contribution < -0.4 is 0 Å². The molecule has 0 radical (unpaired) electrons. The van der Waals surface area contributed by atoms with E-state index in [-0.39, 0.29) is 29.4 Å². The fraction of sp³-hybridized carbons (Fsp3) is 0.321. The number of rotatable bonds is 6. The molecule has 1 unspecified atom stereocenters. The zero-order chi connectivity index (χ0) is 29.9. The number of Topliss-reactive ketones (excluding diaryl/α,β-unsaturated/α-hetero) is 1. The minimum Gasteiger partial charge on any atom is -0.291 e. The average molecular weight is 601 g/mol. The third-order valence-electron chi connectivity index (χ3n) is 7.90. The Morgan fingerprint density at radius 2 is 1.90 bits per heavy atom. The summed E-state index contributed by atoms with van der Waals surface area (Å²) in [6, 6.07) is 7.27. The largest absolute Gasteiger partial charge is 0.416 e. The maximum atomic E-state index is 14.2.